The fourth-order valence-electron chi connectivity index (χ4n) is 7.98. The van der Waals surface area contributed by atoms with Crippen LogP contribution in [0.3, 0.4) is 0 Å². The average molecular weight is 689 g/mol. The first-order valence-electron chi connectivity index (χ1n) is 18.5. The maximum absolute atomic E-state index is 5.17. The van der Waals surface area contributed by atoms with Crippen molar-refractivity contribution in [2.45, 2.75) is 0 Å². The van der Waals surface area contributed by atoms with Gasteiger partial charge in [0.1, 0.15) is 0 Å². The van der Waals surface area contributed by atoms with E-state index in [9.17, 15) is 0 Å². The summed E-state index contributed by atoms with van der Waals surface area (Å²) in [6.45, 7) is -0.00660. The van der Waals surface area contributed by atoms with E-state index in [1.54, 1.807) is 0 Å². The van der Waals surface area contributed by atoms with Gasteiger partial charge in [0, 0.05) is 22.4 Å². The van der Waals surface area contributed by atoms with Crippen molar-refractivity contribution in [1.82, 2.24) is 24.1 Å². The highest BCUT2D eigenvalue weighted by Crippen LogP contribution is 2.40. The van der Waals surface area contributed by atoms with Gasteiger partial charge >= 0.3 is 20.9 Å². The molecule has 1 saturated heterocycles. The highest BCUT2D eigenvalue weighted by Gasteiger charge is 2.52. The number of allylic oxidation sites excluding steroid dienone is 6. The standard InChI is InChI=1S/C46H34B3N5/c1-5-16-35(17-6-1)41-26-29-53-48(33-41)52-28-14-13-27-47(52)54-45(31-42(34-49(53)54)36-18-7-2-8-19-36)40-25-15-24-39(30-40)44-32-43(37-20-9-3-10-21-37)50-46(51-44)38-22-11-4-12-23-38/h1-34H. The van der Waals surface area contributed by atoms with Crippen molar-refractivity contribution < 1.29 is 0 Å². The van der Waals surface area contributed by atoms with Gasteiger partial charge < -0.3 is 14.2 Å². The van der Waals surface area contributed by atoms with E-state index in [2.05, 4.69) is 196 Å². The Kier molecular flexibility index (Phi) is 8.06. The second kappa shape index (κ2) is 13.6. The van der Waals surface area contributed by atoms with Crippen molar-refractivity contribution in [3.05, 3.63) is 223 Å². The second-order valence-electron chi connectivity index (χ2n) is 13.9. The van der Waals surface area contributed by atoms with Crippen molar-refractivity contribution in [2.75, 3.05) is 0 Å². The molecule has 10 rings (SSSR count). The molecule has 0 unspecified atom stereocenters. The summed E-state index contributed by atoms with van der Waals surface area (Å²) >= 11 is 0. The molecule has 5 nitrogen and oxygen atoms in total. The molecule has 1 aromatic heterocycles. The van der Waals surface area contributed by atoms with Crippen LogP contribution >= 0.6 is 0 Å². The van der Waals surface area contributed by atoms with Crippen LogP contribution in [-0.2, 0) is 0 Å². The number of rotatable bonds is 6. The third-order valence-corrected chi connectivity index (χ3v) is 10.6. The summed E-state index contributed by atoms with van der Waals surface area (Å²) in [7, 11) is 0. The SMILES string of the molecule is C1=CB2N(C=C1)B1C=C(c3ccccc3)C=CN1B1C=C(c3ccccc3)C=C(c3cccc(-c4cc(-c5ccccc5)nc(-c5ccccc5)n4)c3)N21. The maximum Gasteiger partial charge on any atom is 0.381 e. The van der Waals surface area contributed by atoms with Crippen molar-refractivity contribution in [2.24, 2.45) is 0 Å². The third kappa shape index (κ3) is 5.82. The van der Waals surface area contributed by atoms with Gasteiger partial charge in [0.05, 0.1) is 11.4 Å². The number of hydrogen-bond acceptors (Lipinski definition) is 5. The number of hydrogen-bond donors (Lipinski definition) is 0. The van der Waals surface area contributed by atoms with E-state index in [4.69, 9.17) is 9.97 Å². The Balaban J connectivity index is 1.11. The molecule has 0 atom stereocenters. The molecule has 0 bridgehead atoms. The first-order valence-corrected chi connectivity index (χ1v) is 18.5. The van der Waals surface area contributed by atoms with Gasteiger partial charge in [0.2, 0.25) is 0 Å². The number of benzene rings is 5. The molecule has 0 amide bonds. The fraction of sp³-hybridized carbons (Fsp3) is 0. The molecule has 6 aromatic rings. The van der Waals surface area contributed by atoms with Crippen LogP contribution < -0.4 is 0 Å². The predicted molar refractivity (Wildman–Crippen MR) is 225 cm³/mol. The van der Waals surface area contributed by atoms with Crippen LogP contribution in [0.5, 0.6) is 0 Å². The van der Waals surface area contributed by atoms with Gasteiger partial charge in [-0.25, -0.2) is 9.97 Å². The molecule has 8 heteroatoms. The van der Waals surface area contributed by atoms with Crippen LogP contribution in [0.2, 0.25) is 0 Å². The van der Waals surface area contributed by atoms with Crippen molar-refractivity contribution in [1.29, 1.82) is 0 Å². The molecular formula is C46H34B3N5. The number of aromatic nitrogens is 2. The van der Waals surface area contributed by atoms with E-state index >= 15 is 0 Å². The smallest absolute Gasteiger partial charge is 0.381 e. The highest BCUT2D eigenvalue weighted by molar-refractivity contribution is 6.93. The van der Waals surface area contributed by atoms with Gasteiger partial charge in [-0.05, 0) is 70.6 Å². The monoisotopic (exact) mass is 689 g/mol. The third-order valence-electron chi connectivity index (χ3n) is 10.6. The van der Waals surface area contributed by atoms with Gasteiger partial charge in [-0.1, -0.05) is 164 Å². The lowest BCUT2D eigenvalue weighted by atomic mass is 9.40. The summed E-state index contributed by atoms with van der Waals surface area (Å²) in [4.78, 5) is 10.2. The highest BCUT2D eigenvalue weighted by atomic mass is 15.3. The maximum atomic E-state index is 5.17. The van der Waals surface area contributed by atoms with Crippen LogP contribution in [0.1, 0.15) is 16.7 Å². The van der Waals surface area contributed by atoms with E-state index < -0.39 is 0 Å². The van der Waals surface area contributed by atoms with E-state index in [0.717, 1.165) is 39.3 Å². The minimum atomic E-state index is -0.0375. The van der Waals surface area contributed by atoms with Crippen LogP contribution in [-0.4, -0.2) is 45.1 Å². The summed E-state index contributed by atoms with van der Waals surface area (Å²) in [5.74, 6) is 7.86. The Morgan fingerprint density at radius 3 is 1.69 bits per heavy atom. The number of nitrogens with zero attached hydrogens (tertiary/aromatic N) is 5. The topological polar surface area (TPSA) is 35.5 Å². The van der Waals surface area contributed by atoms with Crippen molar-refractivity contribution in [3.63, 3.8) is 0 Å². The zero-order valence-corrected chi connectivity index (χ0v) is 29.6. The largest absolute Gasteiger partial charge is 0.423 e. The van der Waals surface area contributed by atoms with Gasteiger partial charge in [-0.15, -0.1) is 0 Å². The average Bonchev–Trinajstić information content (AvgIpc) is 3.27. The van der Waals surface area contributed by atoms with Crippen molar-refractivity contribution in [3.8, 4) is 33.9 Å². The molecular weight excluding hydrogens is 655 g/mol. The molecule has 4 aliphatic rings. The molecule has 0 N–H and O–H groups in total. The summed E-state index contributed by atoms with van der Waals surface area (Å²) in [6.07, 6.45) is 13.5. The van der Waals surface area contributed by atoms with Crippen LogP contribution in [0.25, 0.3) is 50.7 Å². The van der Waals surface area contributed by atoms with Crippen LogP contribution in [0.4, 0.5) is 0 Å². The first kappa shape index (κ1) is 31.9. The molecule has 5 aromatic carbocycles. The Morgan fingerprint density at radius 1 is 0.426 bits per heavy atom. The molecule has 0 spiro atoms. The summed E-state index contributed by atoms with van der Waals surface area (Å²) in [6, 6.07) is 53.0. The van der Waals surface area contributed by atoms with Crippen LogP contribution in [0, 0.1) is 0 Å². The predicted octanol–water partition coefficient (Wildman–Crippen LogP) is 9.61. The Bertz CT molecular complexity index is 2470. The van der Waals surface area contributed by atoms with E-state index in [1.807, 2.05) is 24.3 Å². The lowest BCUT2D eigenvalue weighted by Gasteiger charge is -2.55. The van der Waals surface area contributed by atoms with E-state index in [1.165, 1.54) is 22.3 Å². The summed E-state index contributed by atoms with van der Waals surface area (Å²) in [5, 5.41) is 0. The molecule has 0 aliphatic carbocycles. The van der Waals surface area contributed by atoms with Crippen molar-refractivity contribution >= 4 is 37.8 Å². The van der Waals surface area contributed by atoms with Gasteiger partial charge in [0.15, 0.2) is 5.82 Å². The molecule has 0 saturated carbocycles. The zero-order chi connectivity index (χ0) is 35.8. The molecule has 0 radical (unpaired) electrons. The van der Waals surface area contributed by atoms with E-state index in [-0.39, 0.29) is 20.9 Å². The zero-order valence-electron chi connectivity index (χ0n) is 29.6. The second-order valence-corrected chi connectivity index (χ2v) is 13.9. The summed E-state index contributed by atoms with van der Waals surface area (Å²) in [5.41, 5.74) is 12.0. The Hall–Kier alpha value is -6.79. The number of fused-ring (bicyclic) bond motifs is 6. The Morgan fingerprint density at radius 2 is 0.981 bits per heavy atom. The van der Waals surface area contributed by atoms with Gasteiger partial charge in [0.25, 0.3) is 0 Å². The summed E-state index contributed by atoms with van der Waals surface area (Å²) < 4.78 is 7.50. The molecule has 1 fully saturated rings. The normalized spacial score (nSPS) is 15.7. The molecule has 5 heterocycles. The quantitative estimate of drug-likeness (QED) is 0.163. The molecule has 54 heavy (non-hydrogen) atoms. The first-order chi connectivity index (χ1) is 26.8. The molecule has 252 valence electrons. The molecule has 4 aliphatic heterocycles. The van der Waals surface area contributed by atoms with Crippen LogP contribution in [0.15, 0.2) is 206 Å². The Labute approximate surface area is 317 Å². The minimum absolute atomic E-state index is 0.00193. The van der Waals surface area contributed by atoms with Gasteiger partial charge in [-0.2, -0.15) is 0 Å². The fourth-order valence-corrected chi connectivity index (χ4v) is 7.98. The lowest BCUT2D eigenvalue weighted by molar-refractivity contribution is 0.633. The van der Waals surface area contributed by atoms with E-state index in [0.29, 0.717) is 5.82 Å². The van der Waals surface area contributed by atoms with Gasteiger partial charge in [-0.3, -0.25) is 0 Å². The minimum Gasteiger partial charge on any atom is -0.423 e. The lowest BCUT2D eigenvalue weighted by Crippen LogP contribution is -2.74.